The highest BCUT2D eigenvalue weighted by atomic mass is 32.2. The molecule has 0 aliphatic heterocycles. The van der Waals surface area contributed by atoms with E-state index in [2.05, 4.69) is 15.5 Å². The first kappa shape index (κ1) is 18.1. The van der Waals surface area contributed by atoms with Gasteiger partial charge in [-0.15, -0.1) is 5.10 Å². The number of nitrogens with zero attached hydrogens (tertiary/aromatic N) is 5. The predicted molar refractivity (Wildman–Crippen MR) is 98.9 cm³/mol. The number of tetrazole rings is 1. The van der Waals surface area contributed by atoms with Crippen LogP contribution in [0.5, 0.6) is 0 Å². The van der Waals surface area contributed by atoms with Crippen LogP contribution in [0.15, 0.2) is 59.8 Å². The van der Waals surface area contributed by atoms with E-state index in [4.69, 9.17) is 0 Å². The van der Waals surface area contributed by atoms with Gasteiger partial charge < -0.3 is 4.90 Å². The Morgan fingerprint density at radius 1 is 1.15 bits per heavy atom. The van der Waals surface area contributed by atoms with E-state index in [0.29, 0.717) is 10.8 Å². The highest BCUT2D eigenvalue weighted by Gasteiger charge is 2.20. The zero-order chi connectivity index (χ0) is 18.5. The van der Waals surface area contributed by atoms with Crippen molar-refractivity contribution in [2.75, 3.05) is 10.7 Å². The van der Waals surface area contributed by atoms with Crippen LogP contribution in [0.3, 0.4) is 0 Å². The number of hydrogen-bond donors (Lipinski definition) is 0. The Kier molecular flexibility index (Phi) is 5.62. The van der Waals surface area contributed by atoms with E-state index in [0.717, 1.165) is 5.69 Å². The highest BCUT2D eigenvalue weighted by molar-refractivity contribution is 7.99. The Bertz CT molecular complexity index is 867. The van der Waals surface area contributed by atoms with Gasteiger partial charge in [-0.2, -0.15) is 4.68 Å². The first-order valence-electron chi connectivity index (χ1n) is 8.10. The molecular weight excluding hydrogens is 353 g/mol. The van der Waals surface area contributed by atoms with Gasteiger partial charge in [-0.05, 0) is 60.7 Å². The molecule has 1 heterocycles. The first-order chi connectivity index (χ1) is 12.6. The minimum absolute atomic E-state index is 0.0265. The van der Waals surface area contributed by atoms with E-state index in [9.17, 15) is 9.18 Å². The van der Waals surface area contributed by atoms with Crippen molar-refractivity contribution in [1.82, 2.24) is 20.2 Å². The van der Waals surface area contributed by atoms with Crippen LogP contribution in [0, 0.1) is 5.82 Å². The van der Waals surface area contributed by atoms with Gasteiger partial charge in [0.1, 0.15) is 5.82 Å². The fraction of sp³-hybridized carbons (Fsp3) is 0.222. The van der Waals surface area contributed by atoms with Gasteiger partial charge >= 0.3 is 0 Å². The third kappa shape index (κ3) is 4.08. The molecule has 0 fully saturated rings. The molecule has 0 bridgehead atoms. The molecule has 1 amide bonds. The Morgan fingerprint density at radius 2 is 1.85 bits per heavy atom. The number of benzene rings is 2. The molecule has 8 heteroatoms. The summed E-state index contributed by atoms with van der Waals surface area (Å²) in [5.74, 6) is -0.180. The molecule has 134 valence electrons. The van der Waals surface area contributed by atoms with Gasteiger partial charge in [0.2, 0.25) is 11.1 Å². The lowest BCUT2D eigenvalue weighted by molar-refractivity contribution is -0.116. The molecule has 26 heavy (non-hydrogen) atoms. The van der Waals surface area contributed by atoms with Gasteiger partial charge in [0.05, 0.1) is 11.4 Å². The zero-order valence-corrected chi connectivity index (χ0v) is 15.2. The minimum Gasteiger partial charge on any atom is -0.309 e. The monoisotopic (exact) mass is 371 g/mol. The summed E-state index contributed by atoms with van der Waals surface area (Å²) in [7, 11) is 0. The summed E-state index contributed by atoms with van der Waals surface area (Å²) < 4.78 is 14.6. The van der Waals surface area contributed by atoms with Crippen molar-refractivity contribution < 1.29 is 9.18 Å². The largest absolute Gasteiger partial charge is 0.309 e. The van der Waals surface area contributed by atoms with Crippen LogP contribution in [0.4, 0.5) is 10.1 Å². The maximum Gasteiger partial charge on any atom is 0.237 e. The number of carbonyl (C=O) groups excluding carboxylic acids is 1. The molecule has 0 spiro atoms. The second-order valence-corrected chi connectivity index (χ2v) is 6.77. The van der Waals surface area contributed by atoms with Crippen LogP contribution in [-0.2, 0) is 4.79 Å². The van der Waals surface area contributed by atoms with Crippen LogP contribution >= 0.6 is 11.8 Å². The summed E-state index contributed by atoms with van der Waals surface area (Å²) in [5, 5.41) is 12.0. The minimum atomic E-state index is -0.332. The van der Waals surface area contributed by atoms with Crippen molar-refractivity contribution in [3.63, 3.8) is 0 Å². The molecule has 0 aliphatic carbocycles. The smallest absolute Gasteiger partial charge is 0.237 e. The second kappa shape index (κ2) is 8.09. The standard InChI is InChI=1S/C18H18FN5OS/c1-13(2)23(15-6-4-3-5-7-15)17(25)12-26-18-20-21-22-24(18)16-10-8-14(19)9-11-16/h3-11,13H,12H2,1-2H3. The SMILES string of the molecule is CC(C)N(C(=O)CSc1nnnn1-c1ccc(F)cc1)c1ccccc1. The molecular formula is C18H18FN5OS. The summed E-state index contributed by atoms with van der Waals surface area (Å²) in [5.41, 5.74) is 1.49. The third-order valence-corrected chi connectivity index (χ3v) is 4.56. The van der Waals surface area contributed by atoms with Crippen molar-refractivity contribution in [2.24, 2.45) is 0 Å². The Morgan fingerprint density at radius 3 is 2.50 bits per heavy atom. The quantitative estimate of drug-likeness (QED) is 0.622. The molecule has 6 nitrogen and oxygen atoms in total. The van der Waals surface area contributed by atoms with Crippen LogP contribution < -0.4 is 4.90 Å². The Balaban J connectivity index is 1.74. The Labute approximate surface area is 155 Å². The number of rotatable bonds is 6. The first-order valence-corrected chi connectivity index (χ1v) is 9.09. The molecule has 2 aromatic carbocycles. The molecule has 3 rings (SSSR count). The van der Waals surface area contributed by atoms with Gasteiger partial charge in [0.25, 0.3) is 0 Å². The van der Waals surface area contributed by atoms with Crippen molar-refractivity contribution in [3.8, 4) is 5.69 Å². The van der Waals surface area contributed by atoms with E-state index in [1.54, 1.807) is 17.0 Å². The predicted octanol–water partition coefficient (Wildman–Crippen LogP) is 3.34. The molecule has 0 atom stereocenters. The van der Waals surface area contributed by atoms with Gasteiger partial charge in [0, 0.05) is 11.7 Å². The lowest BCUT2D eigenvalue weighted by atomic mass is 10.2. The average molecular weight is 371 g/mol. The summed E-state index contributed by atoms with van der Waals surface area (Å²) in [4.78, 5) is 14.5. The fourth-order valence-corrected chi connectivity index (χ4v) is 3.28. The summed E-state index contributed by atoms with van der Waals surface area (Å²) in [6.07, 6.45) is 0. The van der Waals surface area contributed by atoms with E-state index >= 15 is 0 Å². The van der Waals surface area contributed by atoms with Gasteiger partial charge in [-0.3, -0.25) is 4.79 Å². The van der Waals surface area contributed by atoms with E-state index < -0.39 is 0 Å². The second-order valence-electron chi connectivity index (χ2n) is 5.83. The maximum absolute atomic E-state index is 13.1. The van der Waals surface area contributed by atoms with Crippen molar-refractivity contribution in [1.29, 1.82) is 0 Å². The molecule has 0 N–H and O–H groups in total. The lowest BCUT2D eigenvalue weighted by Crippen LogP contribution is -2.38. The zero-order valence-electron chi connectivity index (χ0n) is 14.4. The average Bonchev–Trinajstić information content (AvgIpc) is 3.10. The summed E-state index contributed by atoms with van der Waals surface area (Å²) in [6, 6.07) is 15.4. The van der Waals surface area contributed by atoms with Crippen molar-refractivity contribution >= 4 is 23.4 Å². The number of para-hydroxylation sites is 1. The molecule has 0 radical (unpaired) electrons. The number of thioether (sulfide) groups is 1. The molecule has 0 aliphatic rings. The number of aromatic nitrogens is 4. The molecule has 0 unspecified atom stereocenters. The highest BCUT2D eigenvalue weighted by Crippen LogP contribution is 2.22. The fourth-order valence-electron chi connectivity index (χ4n) is 2.53. The van der Waals surface area contributed by atoms with Gasteiger partial charge in [0.15, 0.2) is 0 Å². The Hall–Kier alpha value is -2.74. The molecule has 1 aromatic heterocycles. The van der Waals surface area contributed by atoms with Gasteiger partial charge in [-0.25, -0.2) is 4.39 Å². The van der Waals surface area contributed by atoms with Crippen LogP contribution in [0.25, 0.3) is 5.69 Å². The number of hydrogen-bond acceptors (Lipinski definition) is 5. The third-order valence-electron chi connectivity index (χ3n) is 3.66. The summed E-state index contributed by atoms with van der Waals surface area (Å²) in [6.45, 7) is 3.94. The van der Waals surface area contributed by atoms with Crippen LogP contribution in [0.2, 0.25) is 0 Å². The number of carbonyl (C=O) groups is 1. The van der Waals surface area contributed by atoms with Gasteiger partial charge in [-0.1, -0.05) is 30.0 Å². The van der Waals surface area contributed by atoms with E-state index in [1.807, 2.05) is 44.2 Å². The number of halogens is 1. The van der Waals surface area contributed by atoms with Crippen molar-refractivity contribution in [2.45, 2.75) is 25.0 Å². The van der Waals surface area contributed by atoms with Crippen LogP contribution in [0.1, 0.15) is 13.8 Å². The molecule has 3 aromatic rings. The van der Waals surface area contributed by atoms with Crippen LogP contribution in [-0.4, -0.2) is 37.9 Å². The lowest BCUT2D eigenvalue weighted by Gasteiger charge is -2.26. The summed E-state index contributed by atoms with van der Waals surface area (Å²) >= 11 is 1.24. The molecule has 0 saturated carbocycles. The van der Waals surface area contributed by atoms with E-state index in [-0.39, 0.29) is 23.5 Å². The topological polar surface area (TPSA) is 63.9 Å². The number of amides is 1. The van der Waals surface area contributed by atoms with E-state index in [1.165, 1.54) is 28.6 Å². The number of anilines is 1. The molecule has 0 saturated heterocycles. The maximum atomic E-state index is 13.1. The normalized spacial score (nSPS) is 10.9. The van der Waals surface area contributed by atoms with Crippen molar-refractivity contribution in [3.05, 3.63) is 60.4 Å².